The lowest BCUT2D eigenvalue weighted by Gasteiger charge is -2.14. The minimum Gasteiger partial charge on any atom is -0.488 e. The minimum atomic E-state index is -0.0722. The second kappa shape index (κ2) is 7.84. The molecule has 2 aromatic rings. The van der Waals surface area contributed by atoms with Gasteiger partial charge < -0.3 is 15.8 Å². The SMILES string of the molecule is Cc1ccc(NC(N)=NCC(C)Oc2ccccc2Br)cc1. The Kier molecular flexibility index (Phi) is 5.83. The molecular weight excluding hydrogens is 342 g/mol. The van der Waals surface area contributed by atoms with Crippen molar-refractivity contribution in [3.8, 4) is 5.75 Å². The number of halogens is 1. The molecule has 0 aliphatic heterocycles. The van der Waals surface area contributed by atoms with Crippen LogP contribution in [0.5, 0.6) is 5.75 Å². The Morgan fingerprint density at radius 1 is 1.23 bits per heavy atom. The van der Waals surface area contributed by atoms with Crippen LogP contribution in [0.1, 0.15) is 12.5 Å². The zero-order valence-electron chi connectivity index (χ0n) is 12.7. The third kappa shape index (κ3) is 5.07. The summed E-state index contributed by atoms with van der Waals surface area (Å²) in [5.41, 5.74) is 8.02. The predicted octanol–water partition coefficient (Wildman–Crippen LogP) is 3.95. The van der Waals surface area contributed by atoms with Crippen molar-refractivity contribution in [1.82, 2.24) is 0 Å². The maximum Gasteiger partial charge on any atom is 0.193 e. The van der Waals surface area contributed by atoms with Crippen LogP contribution in [0.2, 0.25) is 0 Å². The summed E-state index contributed by atoms with van der Waals surface area (Å²) < 4.78 is 6.75. The first-order valence-corrected chi connectivity index (χ1v) is 7.88. The van der Waals surface area contributed by atoms with Crippen LogP contribution < -0.4 is 15.8 Å². The molecule has 0 bridgehead atoms. The summed E-state index contributed by atoms with van der Waals surface area (Å²) >= 11 is 3.46. The molecule has 0 saturated carbocycles. The molecule has 0 spiro atoms. The van der Waals surface area contributed by atoms with Crippen molar-refractivity contribution in [3.05, 3.63) is 58.6 Å². The number of rotatable bonds is 5. The Bertz CT molecular complexity index is 641. The highest BCUT2D eigenvalue weighted by Gasteiger charge is 2.06. The highest BCUT2D eigenvalue weighted by atomic mass is 79.9. The lowest BCUT2D eigenvalue weighted by molar-refractivity contribution is 0.229. The van der Waals surface area contributed by atoms with Gasteiger partial charge >= 0.3 is 0 Å². The lowest BCUT2D eigenvalue weighted by Crippen LogP contribution is -2.25. The summed E-state index contributed by atoms with van der Waals surface area (Å²) in [6.45, 7) is 4.48. The van der Waals surface area contributed by atoms with E-state index in [1.165, 1.54) is 5.56 Å². The van der Waals surface area contributed by atoms with Gasteiger partial charge in [0, 0.05) is 5.69 Å². The molecule has 0 saturated heterocycles. The largest absolute Gasteiger partial charge is 0.488 e. The van der Waals surface area contributed by atoms with Gasteiger partial charge in [-0.2, -0.15) is 0 Å². The maximum atomic E-state index is 5.89. The Labute approximate surface area is 139 Å². The number of aryl methyl sites for hydroxylation is 1. The topological polar surface area (TPSA) is 59.6 Å². The van der Waals surface area contributed by atoms with Gasteiger partial charge in [0.05, 0.1) is 11.0 Å². The standard InChI is InChI=1S/C17H20BrN3O/c1-12-7-9-14(10-8-12)21-17(19)20-11-13(2)22-16-6-4-3-5-15(16)18/h3-10,13H,11H2,1-2H3,(H3,19,20,21). The van der Waals surface area contributed by atoms with E-state index in [9.17, 15) is 0 Å². The van der Waals surface area contributed by atoms with E-state index < -0.39 is 0 Å². The quantitative estimate of drug-likeness (QED) is 0.625. The summed E-state index contributed by atoms with van der Waals surface area (Å²) in [4.78, 5) is 4.31. The van der Waals surface area contributed by atoms with Crippen LogP contribution in [0.3, 0.4) is 0 Å². The summed E-state index contributed by atoms with van der Waals surface area (Å²) in [6.07, 6.45) is -0.0722. The Balaban J connectivity index is 1.87. The van der Waals surface area contributed by atoms with Crippen LogP contribution >= 0.6 is 15.9 Å². The van der Waals surface area contributed by atoms with Crippen molar-refractivity contribution in [2.75, 3.05) is 11.9 Å². The molecule has 1 atom stereocenters. The van der Waals surface area contributed by atoms with Gasteiger partial charge in [-0.3, -0.25) is 0 Å². The van der Waals surface area contributed by atoms with Crippen LogP contribution in [-0.2, 0) is 0 Å². The smallest absolute Gasteiger partial charge is 0.193 e. The van der Waals surface area contributed by atoms with E-state index in [0.717, 1.165) is 15.9 Å². The molecule has 22 heavy (non-hydrogen) atoms. The zero-order chi connectivity index (χ0) is 15.9. The van der Waals surface area contributed by atoms with Gasteiger partial charge in [-0.1, -0.05) is 29.8 Å². The van der Waals surface area contributed by atoms with E-state index in [0.29, 0.717) is 12.5 Å². The Hall–Kier alpha value is -2.01. The molecule has 2 rings (SSSR count). The van der Waals surface area contributed by atoms with Crippen LogP contribution in [0.15, 0.2) is 58.0 Å². The van der Waals surface area contributed by atoms with E-state index in [4.69, 9.17) is 10.5 Å². The average Bonchev–Trinajstić information content (AvgIpc) is 2.50. The zero-order valence-corrected chi connectivity index (χ0v) is 14.3. The summed E-state index contributed by atoms with van der Waals surface area (Å²) in [7, 11) is 0. The van der Waals surface area contributed by atoms with Gasteiger partial charge in [0.1, 0.15) is 11.9 Å². The molecule has 2 aromatic carbocycles. The van der Waals surface area contributed by atoms with Crippen molar-refractivity contribution in [3.63, 3.8) is 0 Å². The molecule has 0 fully saturated rings. The van der Waals surface area contributed by atoms with Crippen molar-refractivity contribution in [2.24, 2.45) is 10.7 Å². The van der Waals surface area contributed by atoms with Gasteiger partial charge in [0.15, 0.2) is 5.96 Å². The fourth-order valence-electron chi connectivity index (χ4n) is 1.85. The number of benzene rings is 2. The van der Waals surface area contributed by atoms with Gasteiger partial charge in [-0.05, 0) is 54.0 Å². The summed E-state index contributed by atoms with van der Waals surface area (Å²) in [5.74, 6) is 1.18. The predicted molar refractivity (Wildman–Crippen MR) is 95.5 cm³/mol. The number of aliphatic imine (C=N–C) groups is 1. The Morgan fingerprint density at radius 3 is 2.59 bits per heavy atom. The van der Waals surface area contributed by atoms with Crippen molar-refractivity contribution in [1.29, 1.82) is 0 Å². The second-order valence-electron chi connectivity index (χ2n) is 5.08. The molecule has 3 N–H and O–H groups in total. The molecule has 1 unspecified atom stereocenters. The molecule has 4 nitrogen and oxygen atoms in total. The number of nitrogens with two attached hydrogens (primary N) is 1. The molecule has 0 aliphatic rings. The molecule has 0 amide bonds. The van der Waals surface area contributed by atoms with Gasteiger partial charge in [-0.15, -0.1) is 0 Å². The van der Waals surface area contributed by atoms with Crippen LogP contribution in [0.4, 0.5) is 5.69 Å². The number of hydrogen-bond donors (Lipinski definition) is 2. The van der Waals surface area contributed by atoms with Crippen LogP contribution in [0, 0.1) is 6.92 Å². The van der Waals surface area contributed by atoms with E-state index in [-0.39, 0.29) is 6.10 Å². The number of para-hydroxylation sites is 1. The van der Waals surface area contributed by atoms with Gasteiger partial charge in [-0.25, -0.2) is 4.99 Å². The van der Waals surface area contributed by atoms with Crippen LogP contribution in [-0.4, -0.2) is 18.6 Å². The number of guanidine groups is 1. The first-order valence-electron chi connectivity index (χ1n) is 7.09. The third-order valence-corrected chi connectivity index (χ3v) is 3.66. The van der Waals surface area contributed by atoms with Crippen molar-refractivity contribution < 1.29 is 4.74 Å². The van der Waals surface area contributed by atoms with Crippen LogP contribution in [0.25, 0.3) is 0 Å². The molecule has 5 heteroatoms. The van der Waals surface area contributed by atoms with Gasteiger partial charge in [0.2, 0.25) is 0 Å². The van der Waals surface area contributed by atoms with Crippen molar-refractivity contribution >= 4 is 27.6 Å². The van der Waals surface area contributed by atoms with E-state index in [2.05, 4.69) is 26.2 Å². The number of ether oxygens (including phenoxy) is 1. The molecule has 0 radical (unpaired) electrons. The highest BCUT2D eigenvalue weighted by Crippen LogP contribution is 2.24. The first kappa shape index (κ1) is 16.4. The number of anilines is 1. The Morgan fingerprint density at radius 2 is 1.91 bits per heavy atom. The maximum absolute atomic E-state index is 5.89. The second-order valence-corrected chi connectivity index (χ2v) is 5.93. The van der Waals surface area contributed by atoms with Crippen molar-refractivity contribution in [2.45, 2.75) is 20.0 Å². The molecular formula is C17H20BrN3O. The number of nitrogens with one attached hydrogen (secondary N) is 1. The average molecular weight is 362 g/mol. The van der Waals surface area contributed by atoms with E-state index >= 15 is 0 Å². The molecule has 0 aromatic heterocycles. The van der Waals surface area contributed by atoms with E-state index in [1.54, 1.807) is 0 Å². The monoisotopic (exact) mass is 361 g/mol. The summed E-state index contributed by atoms with van der Waals surface area (Å²) in [5, 5.41) is 3.06. The summed E-state index contributed by atoms with van der Waals surface area (Å²) in [6, 6.07) is 15.7. The fourth-order valence-corrected chi connectivity index (χ4v) is 2.22. The minimum absolute atomic E-state index is 0.0722. The highest BCUT2D eigenvalue weighted by molar-refractivity contribution is 9.10. The number of hydrogen-bond acceptors (Lipinski definition) is 2. The third-order valence-electron chi connectivity index (χ3n) is 3.01. The van der Waals surface area contributed by atoms with E-state index in [1.807, 2.05) is 62.4 Å². The normalized spacial score (nSPS) is 12.8. The molecule has 0 aliphatic carbocycles. The lowest BCUT2D eigenvalue weighted by atomic mass is 10.2. The first-order chi connectivity index (χ1) is 10.5. The fraction of sp³-hybridized carbons (Fsp3) is 0.235. The number of nitrogens with zero attached hydrogens (tertiary/aromatic N) is 1. The van der Waals surface area contributed by atoms with Gasteiger partial charge in [0.25, 0.3) is 0 Å². The molecule has 0 heterocycles. The molecule has 116 valence electrons.